The van der Waals surface area contributed by atoms with E-state index in [0.29, 0.717) is 10.6 Å². The van der Waals surface area contributed by atoms with Crippen LogP contribution in [-0.2, 0) is 0 Å². The van der Waals surface area contributed by atoms with Gasteiger partial charge in [0, 0.05) is 21.7 Å². The van der Waals surface area contributed by atoms with Gasteiger partial charge in [0.1, 0.15) is 0 Å². The van der Waals surface area contributed by atoms with Gasteiger partial charge >= 0.3 is 0 Å². The number of hydrogen-bond donors (Lipinski definition) is 2. The maximum Gasteiger partial charge on any atom is 0.251 e. The Kier molecular flexibility index (Phi) is 4.05. The number of amides is 1. The molecule has 3 nitrogen and oxygen atoms in total. The molecule has 1 amide bonds. The average molecular weight is 351 g/mol. The lowest BCUT2D eigenvalue weighted by Gasteiger charge is -2.11. The van der Waals surface area contributed by atoms with Crippen LogP contribution in [0.1, 0.15) is 16.8 Å². The molecule has 0 radical (unpaired) electrons. The van der Waals surface area contributed by atoms with Crippen molar-refractivity contribution < 1.29 is 4.79 Å². The molecule has 1 aliphatic rings. The summed E-state index contributed by atoms with van der Waals surface area (Å²) in [6.45, 7) is 1.83. The molecule has 1 saturated heterocycles. The van der Waals surface area contributed by atoms with Gasteiger partial charge < -0.3 is 10.6 Å². The standard InChI is InChI=1S/C11H12ClIN2O/c12-9-2-1-7(5-10(9)13)11(16)15-8-3-4-14-6-8/h1-2,5,8,14H,3-4,6H2,(H,15,16). The molecule has 1 unspecified atom stereocenters. The minimum Gasteiger partial charge on any atom is -0.348 e. The van der Waals surface area contributed by atoms with Gasteiger partial charge in [-0.2, -0.15) is 0 Å². The summed E-state index contributed by atoms with van der Waals surface area (Å²) in [5, 5.41) is 6.89. The summed E-state index contributed by atoms with van der Waals surface area (Å²) in [6.07, 6.45) is 0.996. The maximum atomic E-state index is 11.9. The first-order valence-electron chi connectivity index (χ1n) is 5.13. The highest BCUT2D eigenvalue weighted by molar-refractivity contribution is 14.1. The molecule has 2 rings (SSSR count). The van der Waals surface area contributed by atoms with Crippen molar-refractivity contribution in [2.24, 2.45) is 0 Å². The van der Waals surface area contributed by atoms with Crippen LogP contribution >= 0.6 is 34.2 Å². The lowest BCUT2D eigenvalue weighted by Crippen LogP contribution is -2.36. The van der Waals surface area contributed by atoms with Crippen molar-refractivity contribution in [1.82, 2.24) is 10.6 Å². The van der Waals surface area contributed by atoms with Crippen molar-refractivity contribution in [3.8, 4) is 0 Å². The Morgan fingerprint density at radius 1 is 1.56 bits per heavy atom. The van der Waals surface area contributed by atoms with Crippen molar-refractivity contribution in [2.75, 3.05) is 13.1 Å². The molecule has 0 aliphatic carbocycles. The first-order valence-corrected chi connectivity index (χ1v) is 6.59. The van der Waals surface area contributed by atoms with E-state index in [9.17, 15) is 4.79 Å². The van der Waals surface area contributed by atoms with Crippen LogP contribution < -0.4 is 10.6 Å². The van der Waals surface area contributed by atoms with Crippen LogP contribution in [0.15, 0.2) is 18.2 Å². The monoisotopic (exact) mass is 350 g/mol. The number of rotatable bonds is 2. The topological polar surface area (TPSA) is 41.1 Å². The number of carbonyl (C=O) groups excluding carboxylic acids is 1. The number of hydrogen-bond acceptors (Lipinski definition) is 2. The number of carbonyl (C=O) groups is 1. The summed E-state index contributed by atoms with van der Waals surface area (Å²) in [5.41, 5.74) is 0.667. The molecule has 1 aliphatic heterocycles. The smallest absolute Gasteiger partial charge is 0.251 e. The van der Waals surface area contributed by atoms with E-state index in [4.69, 9.17) is 11.6 Å². The van der Waals surface area contributed by atoms with Crippen molar-refractivity contribution in [2.45, 2.75) is 12.5 Å². The van der Waals surface area contributed by atoms with Crippen molar-refractivity contribution in [3.05, 3.63) is 32.4 Å². The number of halogens is 2. The zero-order valence-corrected chi connectivity index (χ0v) is 11.5. The Hall–Kier alpha value is -0.330. The van der Waals surface area contributed by atoms with E-state index < -0.39 is 0 Å². The van der Waals surface area contributed by atoms with Crippen LogP contribution in [0, 0.1) is 3.57 Å². The molecule has 1 aromatic rings. The highest BCUT2D eigenvalue weighted by atomic mass is 127. The second-order valence-corrected chi connectivity index (χ2v) is 5.36. The minimum absolute atomic E-state index is 0.0247. The lowest BCUT2D eigenvalue weighted by molar-refractivity contribution is 0.0940. The predicted octanol–water partition coefficient (Wildman–Crippen LogP) is 2.04. The molecule has 2 N–H and O–H groups in total. The van der Waals surface area contributed by atoms with E-state index in [1.54, 1.807) is 18.2 Å². The second kappa shape index (κ2) is 5.33. The SMILES string of the molecule is O=C(NC1CCNC1)c1ccc(Cl)c(I)c1. The third-order valence-electron chi connectivity index (χ3n) is 2.58. The van der Waals surface area contributed by atoms with Crippen molar-refractivity contribution in [3.63, 3.8) is 0 Å². The van der Waals surface area contributed by atoms with Crippen molar-refractivity contribution >= 4 is 40.1 Å². The Morgan fingerprint density at radius 2 is 2.38 bits per heavy atom. The minimum atomic E-state index is -0.0247. The highest BCUT2D eigenvalue weighted by Gasteiger charge is 2.17. The van der Waals surface area contributed by atoms with Gasteiger partial charge in [-0.1, -0.05) is 11.6 Å². The van der Waals surface area contributed by atoms with Gasteiger partial charge in [-0.15, -0.1) is 0 Å². The molecule has 16 heavy (non-hydrogen) atoms. The fraction of sp³-hybridized carbons (Fsp3) is 0.364. The lowest BCUT2D eigenvalue weighted by atomic mass is 10.2. The molecule has 5 heteroatoms. The number of nitrogens with one attached hydrogen (secondary N) is 2. The predicted molar refractivity (Wildman–Crippen MR) is 72.9 cm³/mol. The summed E-state index contributed by atoms with van der Waals surface area (Å²) in [4.78, 5) is 11.9. The van der Waals surface area contributed by atoms with E-state index in [-0.39, 0.29) is 11.9 Å². The average Bonchev–Trinajstić information content (AvgIpc) is 2.74. The van der Waals surface area contributed by atoms with Gasteiger partial charge in [0.15, 0.2) is 0 Å². The third kappa shape index (κ3) is 2.87. The molecular formula is C11H12ClIN2O. The molecule has 1 aromatic carbocycles. The fourth-order valence-electron chi connectivity index (χ4n) is 1.68. The summed E-state index contributed by atoms with van der Waals surface area (Å²) in [6, 6.07) is 5.56. The zero-order valence-electron chi connectivity index (χ0n) is 8.59. The Morgan fingerprint density at radius 3 is 3.00 bits per heavy atom. The van der Waals surface area contributed by atoms with E-state index in [1.807, 2.05) is 0 Å². The fourth-order valence-corrected chi connectivity index (χ4v) is 2.32. The van der Waals surface area contributed by atoms with Crippen LogP contribution in [0.2, 0.25) is 5.02 Å². The largest absolute Gasteiger partial charge is 0.348 e. The Labute approximate surface area is 113 Å². The van der Waals surface area contributed by atoms with E-state index >= 15 is 0 Å². The first-order chi connectivity index (χ1) is 7.66. The molecule has 0 saturated carbocycles. The van der Waals surface area contributed by atoms with Crippen LogP contribution in [0.25, 0.3) is 0 Å². The highest BCUT2D eigenvalue weighted by Crippen LogP contribution is 2.19. The van der Waals surface area contributed by atoms with E-state index in [1.165, 1.54) is 0 Å². The molecule has 1 atom stereocenters. The van der Waals surface area contributed by atoms with Crippen LogP contribution in [0.5, 0.6) is 0 Å². The molecule has 1 heterocycles. The second-order valence-electron chi connectivity index (χ2n) is 3.79. The Bertz CT molecular complexity index is 405. The summed E-state index contributed by atoms with van der Waals surface area (Å²) >= 11 is 8.03. The summed E-state index contributed by atoms with van der Waals surface area (Å²) in [7, 11) is 0. The summed E-state index contributed by atoms with van der Waals surface area (Å²) in [5.74, 6) is -0.0247. The zero-order chi connectivity index (χ0) is 11.5. The van der Waals surface area contributed by atoms with Crippen LogP contribution in [0.4, 0.5) is 0 Å². The van der Waals surface area contributed by atoms with Gasteiger partial charge in [-0.25, -0.2) is 0 Å². The summed E-state index contributed by atoms with van der Waals surface area (Å²) < 4.78 is 0.900. The maximum absolute atomic E-state index is 11.9. The van der Waals surface area contributed by atoms with E-state index in [0.717, 1.165) is 23.1 Å². The first kappa shape index (κ1) is 12.1. The molecule has 0 bridgehead atoms. The van der Waals surface area contributed by atoms with Gasteiger partial charge in [0.25, 0.3) is 5.91 Å². The quantitative estimate of drug-likeness (QED) is 0.802. The van der Waals surface area contributed by atoms with Gasteiger partial charge in [0.2, 0.25) is 0 Å². The van der Waals surface area contributed by atoms with Gasteiger partial charge in [-0.3, -0.25) is 4.79 Å². The molecule has 0 aromatic heterocycles. The van der Waals surface area contributed by atoms with Crippen LogP contribution in [-0.4, -0.2) is 25.0 Å². The number of benzene rings is 1. The molecular weight excluding hydrogens is 338 g/mol. The normalized spacial score (nSPS) is 19.8. The third-order valence-corrected chi connectivity index (χ3v) is 4.12. The molecule has 0 spiro atoms. The van der Waals surface area contributed by atoms with Gasteiger partial charge in [0.05, 0.1) is 5.02 Å². The molecule has 86 valence electrons. The van der Waals surface area contributed by atoms with Gasteiger partial charge in [-0.05, 0) is 53.8 Å². The molecule has 1 fully saturated rings. The Balaban J connectivity index is 2.05. The van der Waals surface area contributed by atoms with Crippen molar-refractivity contribution in [1.29, 1.82) is 0 Å². The van der Waals surface area contributed by atoms with Crippen LogP contribution in [0.3, 0.4) is 0 Å². The van der Waals surface area contributed by atoms with E-state index in [2.05, 4.69) is 33.2 Å².